The van der Waals surface area contributed by atoms with Crippen molar-refractivity contribution in [2.75, 3.05) is 5.32 Å². The second kappa shape index (κ2) is 5.09. The summed E-state index contributed by atoms with van der Waals surface area (Å²) in [5.41, 5.74) is 5.71. The van der Waals surface area contributed by atoms with Crippen LogP contribution < -0.4 is 16.6 Å². The molecule has 3 nitrogen and oxygen atoms in total. The third-order valence-corrected chi connectivity index (χ3v) is 1.85. The first-order valence-electron chi connectivity index (χ1n) is 4.38. The van der Waals surface area contributed by atoms with E-state index in [1.54, 1.807) is 12.4 Å². The molecule has 0 heterocycles. The Morgan fingerprint density at radius 1 is 1.36 bits per heavy atom. The topological polar surface area (TPSA) is 50.1 Å². The molecule has 14 heavy (non-hydrogen) atoms. The summed E-state index contributed by atoms with van der Waals surface area (Å²) in [5, 5.41) is 3.11. The molecule has 3 heteroatoms. The molecular weight excluding hydrogens is 174 g/mol. The first-order chi connectivity index (χ1) is 6.77. The average molecular weight is 189 g/mol. The molecule has 0 aliphatic heterocycles. The monoisotopic (exact) mass is 189 g/mol. The summed E-state index contributed by atoms with van der Waals surface area (Å²) < 4.78 is 0. The van der Waals surface area contributed by atoms with Gasteiger partial charge >= 0.3 is 0 Å². The van der Waals surface area contributed by atoms with Gasteiger partial charge in [0.05, 0.1) is 0 Å². The standard InChI is InChI=1S/C11H15N3/c1-3-10-5-4-9(2)8-11(10)13-6-7-14-12/h3-8,13-14H,1,12H2,2H3/b7-6-. The summed E-state index contributed by atoms with van der Waals surface area (Å²) >= 11 is 0. The molecule has 0 unspecified atom stereocenters. The fraction of sp³-hybridized carbons (Fsp3) is 0.0909. The average Bonchev–Trinajstić information content (AvgIpc) is 2.19. The van der Waals surface area contributed by atoms with E-state index in [0.717, 1.165) is 11.3 Å². The van der Waals surface area contributed by atoms with Crippen molar-refractivity contribution in [3.63, 3.8) is 0 Å². The van der Waals surface area contributed by atoms with Crippen LogP contribution in [0.5, 0.6) is 0 Å². The molecule has 1 rings (SSSR count). The van der Waals surface area contributed by atoms with Gasteiger partial charge in [0.1, 0.15) is 0 Å². The van der Waals surface area contributed by atoms with Gasteiger partial charge in [-0.25, -0.2) is 0 Å². The molecule has 0 bridgehead atoms. The van der Waals surface area contributed by atoms with E-state index < -0.39 is 0 Å². The van der Waals surface area contributed by atoms with E-state index in [1.807, 2.05) is 25.1 Å². The van der Waals surface area contributed by atoms with Gasteiger partial charge in [0.15, 0.2) is 0 Å². The maximum absolute atomic E-state index is 5.10. The molecule has 0 amide bonds. The van der Waals surface area contributed by atoms with Crippen molar-refractivity contribution < 1.29 is 0 Å². The fourth-order valence-electron chi connectivity index (χ4n) is 1.15. The highest BCUT2D eigenvalue weighted by Crippen LogP contribution is 2.18. The Morgan fingerprint density at radius 2 is 2.14 bits per heavy atom. The van der Waals surface area contributed by atoms with Crippen molar-refractivity contribution in [2.24, 2.45) is 5.84 Å². The minimum absolute atomic E-state index is 1.02. The largest absolute Gasteiger partial charge is 0.360 e. The Bertz CT molecular complexity index is 342. The van der Waals surface area contributed by atoms with E-state index in [2.05, 4.69) is 23.4 Å². The number of benzene rings is 1. The number of nitrogens with one attached hydrogen (secondary N) is 2. The van der Waals surface area contributed by atoms with Gasteiger partial charge < -0.3 is 10.7 Å². The Labute approximate surface area is 84.3 Å². The lowest BCUT2D eigenvalue weighted by molar-refractivity contribution is 0.965. The normalized spacial score (nSPS) is 10.1. The molecule has 0 fully saturated rings. The maximum Gasteiger partial charge on any atom is 0.0456 e. The molecule has 0 aliphatic rings. The molecule has 0 aromatic heterocycles. The van der Waals surface area contributed by atoms with E-state index in [0.29, 0.717) is 0 Å². The summed E-state index contributed by atoms with van der Waals surface area (Å²) in [6.45, 7) is 5.79. The highest BCUT2D eigenvalue weighted by atomic mass is 15.2. The van der Waals surface area contributed by atoms with Gasteiger partial charge in [0.2, 0.25) is 0 Å². The zero-order valence-electron chi connectivity index (χ0n) is 8.25. The first kappa shape index (κ1) is 10.3. The van der Waals surface area contributed by atoms with Crippen molar-refractivity contribution in [1.82, 2.24) is 5.43 Å². The summed E-state index contributed by atoms with van der Waals surface area (Å²) in [7, 11) is 0. The summed E-state index contributed by atoms with van der Waals surface area (Å²) in [5.74, 6) is 5.10. The van der Waals surface area contributed by atoms with Crippen LogP contribution in [0.4, 0.5) is 5.69 Å². The lowest BCUT2D eigenvalue weighted by atomic mass is 10.1. The zero-order valence-corrected chi connectivity index (χ0v) is 8.25. The van der Waals surface area contributed by atoms with Crippen LogP contribution in [-0.4, -0.2) is 0 Å². The lowest BCUT2D eigenvalue weighted by Crippen LogP contribution is -2.13. The van der Waals surface area contributed by atoms with Crippen molar-refractivity contribution in [3.8, 4) is 0 Å². The van der Waals surface area contributed by atoms with Crippen molar-refractivity contribution in [3.05, 3.63) is 48.3 Å². The molecule has 0 saturated heterocycles. The van der Waals surface area contributed by atoms with E-state index in [1.165, 1.54) is 5.56 Å². The number of nitrogens with two attached hydrogens (primary N) is 1. The number of hydrogen-bond acceptors (Lipinski definition) is 3. The zero-order chi connectivity index (χ0) is 10.4. The van der Waals surface area contributed by atoms with Crippen LogP contribution in [0.1, 0.15) is 11.1 Å². The minimum atomic E-state index is 1.02. The summed E-state index contributed by atoms with van der Waals surface area (Å²) in [4.78, 5) is 0. The van der Waals surface area contributed by atoms with Crippen LogP contribution in [0.3, 0.4) is 0 Å². The van der Waals surface area contributed by atoms with Crippen LogP contribution in [-0.2, 0) is 0 Å². The highest BCUT2D eigenvalue weighted by molar-refractivity contribution is 5.67. The molecule has 1 aromatic rings. The minimum Gasteiger partial charge on any atom is -0.360 e. The Kier molecular flexibility index (Phi) is 3.76. The smallest absolute Gasteiger partial charge is 0.0456 e. The fourth-order valence-corrected chi connectivity index (χ4v) is 1.15. The van der Waals surface area contributed by atoms with Crippen LogP contribution >= 0.6 is 0 Å². The number of hydrogen-bond donors (Lipinski definition) is 3. The number of hydrazine groups is 1. The van der Waals surface area contributed by atoms with Crippen molar-refractivity contribution in [1.29, 1.82) is 0 Å². The Morgan fingerprint density at radius 3 is 2.79 bits per heavy atom. The highest BCUT2D eigenvalue weighted by Gasteiger charge is 1.96. The Balaban J connectivity index is 2.87. The molecule has 0 aliphatic carbocycles. The molecule has 74 valence electrons. The molecule has 1 aromatic carbocycles. The second-order valence-electron chi connectivity index (χ2n) is 2.94. The SMILES string of the molecule is C=Cc1ccc(C)cc1N/C=C\NN. The first-order valence-corrected chi connectivity index (χ1v) is 4.38. The molecule has 0 spiro atoms. The number of aryl methyl sites for hydroxylation is 1. The van der Waals surface area contributed by atoms with Gasteiger partial charge in [-0.3, -0.25) is 5.84 Å². The third-order valence-electron chi connectivity index (χ3n) is 1.85. The van der Waals surface area contributed by atoms with E-state index >= 15 is 0 Å². The number of rotatable bonds is 4. The summed E-state index contributed by atoms with van der Waals surface area (Å²) in [6, 6.07) is 6.12. The lowest BCUT2D eigenvalue weighted by Gasteiger charge is -2.06. The third kappa shape index (κ3) is 2.64. The van der Waals surface area contributed by atoms with E-state index in [-0.39, 0.29) is 0 Å². The predicted molar refractivity (Wildman–Crippen MR) is 61.4 cm³/mol. The predicted octanol–water partition coefficient (Wildman–Crippen LogP) is 1.98. The van der Waals surface area contributed by atoms with E-state index in [9.17, 15) is 0 Å². The molecular formula is C11H15N3. The number of anilines is 1. The van der Waals surface area contributed by atoms with Gasteiger partial charge in [0.25, 0.3) is 0 Å². The molecule has 0 radical (unpaired) electrons. The van der Waals surface area contributed by atoms with Gasteiger partial charge in [-0.15, -0.1) is 0 Å². The summed E-state index contributed by atoms with van der Waals surface area (Å²) in [6.07, 6.45) is 5.17. The van der Waals surface area contributed by atoms with Crippen LogP contribution in [0.2, 0.25) is 0 Å². The molecule has 4 N–H and O–H groups in total. The van der Waals surface area contributed by atoms with E-state index in [4.69, 9.17) is 5.84 Å². The Hall–Kier alpha value is -1.74. The molecule has 0 saturated carbocycles. The van der Waals surface area contributed by atoms with Crippen LogP contribution in [0.25, 0.3) is 6.08 Å². The van der Waals surface area contributed by atoms with Gasteiger partial charge in [-0.1, -0.05) is 24.8 Å². The quantitative estimate of drug-likeness (QED) is 0.501. The van der Waals surface area contributed by atoms with Crippen molar-refractivity contribution in [2.45, 2.75) is 6.92 Å². The van der Waals surface area contributed by atoms with Crippen LogP contribution in [0.15, 0.2) is 37.2 Å². The van der Waals surface area contributed by atoms with Crippen LogP contribution in [0, 0.1) is 6.92 Å². The van der Waals surface area contributed by atoms with Gasteiger partial charge in [-0.05, 0) is 24.1 Å². The molecule has 0 atom stereocenters. The second-order valence-corrected chi connectivity index (χ2v) is 2.94. The van der Waals surface area contributed by atoms with Gasteiger partial charge in [0, 0.05) is 18.1 Å². The maximum atomic E-state index is 5.10. The van der Waals surface area contributed by atoms with Crippen molar-refractivity contribution >= 4 is 11.8 Å². The van der Waals surface area contributed by atoms with Gasteiger partial charge in [-0.2, -0.15) is 0 Å².